The van der Waals surface area contributed by atoms with E-state index < -0.39 is 137 Å². The van der Waals surface area contributed by atoms with Crippen molar-refractivity contribution in [2.24, 2.45) is 22.7 Å². The Morgan fingerprint density at radius 2 is 1.37 bits per heavy atom. The zero-order valence-corrected chi connectivity index (χ0v) is 48.2. The monoisotopic (exact) mass is 1160 g/mol. The Balaban J connectivity index is 1.20. The molecule has 3 aliphatic carbocycles. The predicted octanol–water partition coefficient (Wildman–Crippen LogP) is 6.59. The molecule has 3 unspecified atom stereocenters. The first kappa shape index (κ1) is 61.8. The topological polar surface area (TPSA) is 295 Å². The number of Topliss-reactive ketones (excluding diaryl/α,β-unsaturated/α-hetero) is 1. The van der Waals surface area contributed by atoms with Crippen molar-refractivity contribution in [1.29, 1.82) is 0 Å². The molecule has 84 heavy (non-hydrogen) atoms. The average Bonchev–Trinajstić information content (AvgIpc) is 0.684. The van der Waals surface area contributed by atoms with E-state index in [1.807, 2.05) is 13.8 Å². The van der Waals surface area contributed by atoms with E-state index in [1.54, 1.807) is 91.0 Å². The zero-order valence-electron chi connectivity index (χ0n) is 48.2. The fourth-order valence-corrected chi connectivity index (χ4v) is 12.4. The Kier molecular flexibility index (Phi) is 18.3. The minimum absolute atomic E-state index is 0.0177. The molecular weight excluding hydrogens is 1090 g/mol. The number of carbonyl (C=O) groups excluding carboxylic acids is 9. The van der Waals surface area contributed by atoms with Gasteiger partial charge in [0.2, 0.25) is 17.9 Å². The lowest BCUT2D eigenvalue weighted by Crippen LogP contribution is -2.82. The quantitative estimate of drug-likeness (QED) is 0.0399. The lowest BCUT2D eigenvalue weighted by atomic mass is 9.44. The molecule has 446 valence electrons. The van der Waals surface area contributed by atoms with Crippen LogP contribution >= 0.6 is 0 Å². The second kappa shape index (κ2) is 24.9. The summed E-state index contributed by atoms with van der Waals surface area (Å²) >= 11 is 0. The third kappa shape index (κ3) is 12.3. The zero-order chi connectivity index (χ0) is 61.1. The van der Waals surface area contributed by atoms with Crippen LogP contribution in [0.4, 0.5) is 10.5 Å². The summed E-state index contributed by atoms with van der Waals surface area (Å²) in [6.45, 7) is 12.5. The highest BCUT2D eigenvalue weighted by atomic mass is 16.7. The van der Waals surface area contributed by atoms with E-state index in [0.717, 1.165) is 13.8 Å². The van der Waals surface area contributed by atoms with Crippen molar-refractivity contribution in [3.05, 3.63) is 149 Å². The molecule has 21 nitrogen and oxygen atoms in total. The minimum Gasteiger partial charge on any atom is -0.455 e. The molecule has 4 aliphatic rings. The summed E-state index contributed by atoms with van der Waals surface area (Å²) in [6.07, 6.45) is -12.3. The van der Waals surface area contributed by atoms with Gasteiger partial charge >= 0.3 is 30.0 Å². The van der Waals surface area contributed by atoms with Crippen LogP contribution in [0.15, 0.2) is 126 Å². The maximum Gasteiger partial charge on any atom is 0.509 e. The number of rotatable bonds is 18. The lowest BCUT2D eigenvalue weighted by molar-refractivity contribution is -0.346. The number of nitrogens with one attached hydrogen (secondary N) is 3. The van der Waals surface area contributed by atoms with Gasteiger partial charge in [0.25, 0.3) is 5.91 Å². The van der Waals surface area contributed by atoms with Crippen molar-refractivity contribution < 1.29 is 86.5 Å². The van der Waals surface area contributed by atoms with Crippen molar-refractivity contribution in [1.82, 2.24) is 10.6 Å². The molecule has 1 saturated heterocycles. The molecule has 0 radical (unpaired) electrons. The van der Waals surface area contributed by atoms with Crippen LogP contribution < -0.4 is 16.0 Å². The third-order valence-corrected chi connectivity index (χ3v) is 16.7. The number of ketones is 1. The Morgan fingerprint density at radius 3 is 1.93 bits per heavy atom. The Bertz CT molecular complexity index is 3190. The number of hydrogen-bond acceptors (Lipinski definition) is 18. The predicted molar refractivity (Wildman–Crippen MR) is 299 cm³/mol. The van der Waals surface area contributed by atoms with Gasteiger partial charge < -0.3 is 59.3 Å². The van der Waals surface area contributed by atoms with Gasteiger partial charge in [-0.15, -0.1) is 0 Å². The van der Waals surface area contributed by atoms with Crippen molar-refractivity contribution in [2.45, 2.75) is 148 Å². The fraction of sp³-hybridized carbons (Fsp3) is 0.444. The van der Waals surface area contributed by atoms with E-state index >= 15 is 9.59 Å². The molecule has 21 heteroatoms. The van der Waals surface area contributed by atoms with Crippen LogP contribution in [0.3, 0.4) is 0 Å². The van der Waals surface area contributed by atoms with Gasteiger partial charge in [0.1, 0.15) is 42.6 Å². The minimum atomic E-state index is -2.53. The molecule has 1 heterocycles. The number of esters is 4. The summed E-state index contributed by atoms with van der Waals surface area (Å²) in [7, 11) is 0. The van der Waals surface area contributed by atoms with E-state index in [1.165, 1.54) is 58.9 Å². The number of fused-ring (bicyclic) bond motifs is 5. The van der Waals surface area contributed by atoms with Crippen LogP contribution in [-0.4, -0.2) is 124 Å². The standard InChI is InChI=1S/C63H71N3O18/c1-34(2)29-44(64-36(4)67)56(73)65-43-27-25-39(26-28-43)32-78-59(76)82-51(49(40-19-13-10-14-20-40)66-55(72)41-21-15-11-16-22-41)58(75)81-45-31-63(77)54(83-57(74)42-23-17-12-18-24-42)52-61(9,46(70)30-47-62(52,33-79-47)84-38(6)69)53(71)50(80-37(5)68)48(35(45)3)60(63,7)8/h10-28,34,44-47,49-52,54,70,77H,29-33H2,1-9H3,(H,64,67)(H,65,73)(H,66,72)/t44?,45-,46-,47+,49-,50+,51+,52?,54?,61+,62-,63+/m0/s1. The highest BCUT2D eigenvalue weighted by molar-refractivity contribution is 5.98. The number of anilines is 1. The molecule has 3 amide bonds. The Morgan fingerprint density at radius 1 is 0.762 bits per heavy atom. The van der Waals surface area contributed by atoms with Crippen molar-refractivity contribution in [3.63, 3.8) is 0 Å². The number of aliphatic hydroxyl groups excluding tert-OH is 1. The summed E-state index contributed by atoms with van der Waals surface area (Å²) in [4.78, 5) is 126. The molecule has 4 aromatic rings. The number of aliphatic hydroxyl groups is 2. The van der Waals surface area contributed by atoms with Crippen LogP contribution in [-0.2, 0) is 68.5 Å². The van der Waals surface area contributed by atoms with E-state index in [2.05, 4.69) is 16.0 Å². The number of amides is 3. The molecule has 5 N–H and O–H groups in total. The van der Waals surface area contributed by atoms with Crippen LogP contribution in [0.1, 0.15) is 119 Å². The normalized spacial score (nSPS) is 26.7. The number of hydrogen-bond donors (Lipinski definition) is 5. The molecule has 4 aromatic carbocycles. The van der Waals surface area contributed by atoms with Crippen molar-refractivity contribution >= 4 is 59.2 Å². The molecule has 12 atom stereocenters. The Labute approximate surface area is 486 Å². The SMILES string of the molecule is CC(=O)NC(CC(C)C)C(=O)Nc1ccc(COC(=O)O[C@@H](C(=O)O[C@H]2C[C@@]3(O)C(OC(=O)c4ccccc4)C4[C@](C)(C(=O)[C@H](OC(C)=O)C(=C2C)C3(C)C)[C@@H](O)C[C@H]2OC[C@@]42OC(C)=O)[C@@H](NC(=O)c2ccccc2)c2ccccc2)cc1. The molecule has 0 aromatic heterocycles. The van der Waals surface area contributed by atoms with Crippen molar-refractivity contribution in [2.75, 3.05) is 11.9 Å². The Hall–Kier alpha value is -8.27. The van der Waals surface area contributed by atoms with Gasteiger partial charge in [0.15, 0.2) is 17.5 Å². The van der Waals surface area contributed by atoms with Gasteiger partial charge in [-0.1, -0.05) is 107 Å². The summed E-state index contributed by atoms with van der Waals surface area (Å²) in [5.74, 6) is -8.06. The van der Waals surface area contributed by atoms with Gasteiger partial charge in [-0.3, -0.25) is 28.8 Å². The lowest BCUT2D eigenvalue weighted by Gasteiger charge is -2.67. The molecule has 8 rings (SSSR count). The second-order valence-corrected chi connectivity index (χ2v) is 23.1. The van der Waals surface area contributed by atoms with E-state index in [0.29, 0.717) is 17.7 Å². The third-order valence-electron chi connectivity index (χ3n) is 16.7. The summed E-state index contributed by atoms with van der Waals surface area (Å²) in [6, 6.07) is 27.7. The first-order chi connectivity index (χ1) is 39.7. The largest absolute Gasteiger partial charge is 0.509 e. The fourth-order valence-electron chi connectivity index (χ4n) is 12.4. The average molecular weight is 1160 g/mol. The molecule has 0 spiro atoms. The molecule has 2 saturated carbocycles. The van der Waals surface area contributed by atoms with Gasteiger partial charge in [0.05, 0.1) is 29.6 Å². The first-order valence-corrected chi connectivity index (χ1v) is 27.7. The van der Waals surface area contributed by atoms with Crippen LogP contribution in [0.2, 0.25) is 0 Å². The van der Waals surface area contributed by atoms with E-state index in [4.69, 9.17) is 33.2 Å². The molecular formula is C63H71N3O18. The smallest absolute Gasteiger partial charge is 0.455 e. The number of benzene rings is 4. The van der Waals surface area contributed by atoms with Crippen molar-refractivity contribution in [3.8, 4) is 0 Å². The molecule has 1 aliphatic heterocycles. The van der Waals surface area contributed by atoms with E-state index in [-0.39, 0.29) is 52.7 Å². The van der Waals surface area contributed by atoms with Gasteiger partial charge in [-0.25, -0.2) is 14.4 Å². The second-order valence-electron chi connectivity index (χ2n) is 23.1. The maximum atomic E-state index is 15.9. The summed E-state index contributed by atoms with van der Waals surface area (Å²) in [5.41, 5.74) is -7.09. The van der Waals surface area contributed by atoms with Crippen LogP contribution in [0.25, 0.3) is 0 Å². The first-order valence-electron chi connectivity index (χ1n) is 27.7. The molecule has 3 fully saturated rings. The molecule has 2 bridgehead atoms. The summed E-state index contributed by atoms with van der Waals surface area (Å²) < 4.78 is 42.5. The van der Waals surface area contributed by atoms with Gasteiger partial charge in [-0.05, 0) is 84.9 Å². The van der Waals surface area contributed by atoms with E-state index in [9.17, 15) is 43.8 Å². The number of ether oxygens (including phenoxy) is 7. The number of carbonyl (C=O) groups is 9. The summed E-state index contributed by atoms with van der Waals surface area (Å²) in [5, 5.41) is 34.6. The van der Waals surface area contributed by atoms with Gasteiger partial charge in [-0.2, -0.15) is 0 Å². The van der Waals surface area contributed by atoms with Crippen LogP contribution in [0, 0.1) is 22.7 Å². The van der Waals surface area contributed by atoms with Crippen LogP contribution in [0.5, 0.6) is 0 Å². The van der Waals surface area contributed by atoms with Gasteiger partial charge in [0, 0.05) is 50.3 Å². The highest BCUT2D eigenvalue weighted by Gasteiger charge is 2.78. The maximum absolute atomic E-state index is 15.9. The highest BCUT2D eigenvalue weighted by Crippen LogP contribution is 2.64.